The van der Waals surface area contributed by atoms with Crippen LogP contribution in [0.3, 0.4) is 0 Å². The van der Waals surface area contributed by atoms with Gasteiger partial charge in [-0.3, -0.25) is 14.9 Å². The van der Waals surface area contributed by atoms with Gasteiger partial charge in [0.15, 0.2) is 0 Å². The van der Waals surface area contributed by atoms with Crippen molar-refractivity contribution in [2.24, 2.45) is 0 Å². The molecule has 0 saturated carbocycles. The zero-order valence-electron chi connectivity index (χ0n) is 10.1. The number of benzene rings is 1. The van der Waals surface area contributed by atoms with Crippen LogP contribution in [-0.2, 0) is 0 Å². The molecule has 0 fully saturated rings. The number of rotatable bonds is 5. The summed E-state index contributed by atoms with van der Waals surface area (Å²) >= 11 is 0. The lowest BCUT2D eigenvalue weighted by Crippen LogP contribution is -2.31. The van der Waals surface area contributed by atoms with Gasteiger partial charge in [0.1, 0.15) is 0 Å². The van der Waals surface area contributed by atoms with E-state index >= 15 is 0 Å². The molecule has 18 heavy (non-hydrogen) atoms. The topological polar surface area (TPSA) is 75.5 Å². The van der Waals surface area contributed by atoms with Gasteiger partial charge in [-0.1, -0.05) is 0 Å². The molecule has 98 valence electrons. The van der Waals surface area contributed by atoms with Crippen LogP contribution in [0.2, 0.25) is 0 Å². The third-order valence-corrected chi connectivity index (χ3v) is 2.25. The van der Waals surface area contributed by atoms with Crippen LogP contribution in [0.25, 0.3) is 0 Å². The Morgan fingerprint density at radius 1 is 1.50 bits per heavy atom. The predicted molar refractivity (Wildman–Crippen MR) is 63.9 cm³/mol. The maximum absolute atomic E-state index is 13.3. The highest BCUT2D eigenvalue weighted by Crippen LogP contribution is 2.17. The van der Waals surface area contributed by atoms with Crippen LogP contribution in [0, 0.1) is 15.9 Å². The van der Waals surface area contributed by atoms with Crippen molar-refractivity contribution in [1.82, 2.24) is 10.2 Å². The summed E-state index contributed by atoms with van der Waals surface area (Å²) in [6.45, 7) is 1.08. The molecule has 1 amide bonds. The van der Waals surface area contributed by atoms with Crippen molar-refractivity contribution in [2.75, 3.05) is 27.2 Å². The first-order chi connectivity index (χ1) is 8.41. The van der Waals surface area contributed by atoms with E-state index in [1.165, 1.54) is 6.07 Å². The van der Waals surface area contributed by atoms with E-state index in [1.807, 2.05) is 19.0 Å². The third-order valence-electron chi connectivity index (χ3n) is 2.25. The smallest absolute Gasteiger partial charge is 0.304 e. The molecule has 0 heterocycles. The molecule has 1 aromatic carbocycles. The molecule has 0 aliphatic heterocycles. The molecule has 7 heteroatoms. The van der Waals surface area contributed by atoms with Gasteiger partial charge in [0, 0.05) is 24.7 Å². The molecule has 1 rings (SSSR count). The van der Waals surface area contributed by atoms with Crippen LogP contribution in [0.5, 0.6) is 0 Å². The molecule has 1 N–H and O–H groups in total. The lowest BCUT2D eigenvalue weighted by atomic mass is 10.2. The van der Waals surface area contributed by atoms with Crippen LogP contribution >= 0.6 is 0 Å². The van der Waals surface area contributed by atoms with Crippen molar-refractivity contribution in [3.63, 3.8) is 0 Å². The number of hydrogen-bond donors (Lipinski definition) is 1. The van der Waals surface area contributed by atoms with Crippen molar-refractivity contribution in [3.05, 3.63) is 39.7 Å². The standard InChI is InChI=1S/C11H14FN3O3/c1-14(2)6-5-13-11(16)8-3-4-10(15(17)18)9(12)7-8/h3-4,7H,5-6H2,1-2H3,(H,13,16). The fourth-order valence-corrected chi connectivity index (χ4v) is 1.29. The van der Waals surface area contributed by atoms with E-state index in [9.17, 15) is 19.3 Å². The van der Waals surface area contributed by atoms with Crippen molar-refractivity contribution >= 4 is 11.6 Å². The molecule has 0 bridgehead atoms. The first-order valence-corrected chi connectivity index (χ1v) is 5.28. The Morgan fingerprint density at radius 3 is 2.67 bits per heavy atom. The number of likely N-dealkylation sites (N-methyl/N-ethyl adjacent to an activating group) is 1. The Labute approximate surface area is 104 Å². The summed E-state index contributed by atoms with van der Waals surface area (Å²) in [5.41, 5.74) is -0.573. The highest BCUT2D eigenvalue weighted by Gasteiger charge is 2.16. The van der Waals surface area contributed by atoms with Crippen LogP contribution in [0.15, 0.2) is 18.2 Å². The summed E-state index contributed by atoms with van der Waals surface area (Å²) in [4.78, 5) is 23.1. The average Bonchev–Trinajstić information content (AvgIpc) is 2.27. The Kier molecular flexibility index (Phi) is 4.73. The Bertz CT molecular complexity index is 463. The lowest BCUT2D eigenvalue weighted by molar-refractivity contribution is -0.387. The number of nitro groups is 1. The Hall–Kier alpha value is -2.02. The molecular weight excluding hydrogens is 241 g/mol. The molecule has 0 aromatic heterocycles. The van der Waals surface area contributed by atoms with E-state index < -0.39 is 22.3 Å². The van der Waals surface area contributed by atoms with Gasteiger partial charge >= 0.3 is 5.69 Å². The first-order valence-electron chi connectivity index (χ1n) is 5.28. The number of carbonyl (C=O) groups is 1. The van der Waals surface area contributed by atoms with Crippen molar-refractivity contribution in [1.29, 1.82) is 0 Å². The molecule has 0 spiro atoms. The molecule has 0 unspecified atom stereocenters. The number of amides is 1. The first kappa shape index (κ1) is 14.0. The molecular formula is C11H14FN3O3. The minimum Gasteiger partial charge on any atom is -0.351 e. The normalized spacial score (nSPS) is 10.4. The van der Waals surface area contributed by atoms with E-state index in [-0.39, 0.29) is 5.56 Å². The van der Waals surface area contributed by atoms with E-state index in [1.54, 1.807) is 0 Å². The van der Waals surface area contributed by atoms with Gasteiger partial charge in [-0.2, -0.15) is 4.39 Å². The maximum Gasteiger partial charge on any atom is 0.304 e. The lowest BCUT2D eigenvalue weighted by Gasteiger charge is -2.10. The van der Waals surface area contributed by atoms with E-state index in [2.05, 4.69) is 5.32 Å². The minimum atomic E-state index is -1.01. The predicted octanol–water partition coefficient (Wildman–Crippen LogP) is 1.03. The van der Waals surface area contributed by atoms with Gasteiger partial charge in [-0.05, 0) is 26.2 Å². The van der Waals surface area contributed by atoms with Crippen LogP contribution in [0.4, 0.5) is 10.1 Å². The average molecular weight is 255 g/mol. The molecule has 0 radical (unpaired) electrons. The highest BCUT2D eigenvalue weighted by molar-refractivity contribution is 5.94. The van der Waals surface area contributed by atoms with E-state index in [4.69, 9.17) is 0 Å². The second kappa shape index (κ2) is 6.06. The molecule has 6 nitrogen and oxygen atoms in total. The van der Waals surface area contributed by atoms with Crippen molar-refractivity contribution in [3.8, 4) is 0 Å². The Morgan fingerprint density at radius 2 is 2.17 bits per heavy atom. The van der Waals surface area contributed by atoms with Gasteiger partial charge in [-0.15, -0.1) is 0 Å². The number of nitrogens with zero attached hydrogens (tertiary/aromatic N) is 2. The summed E-state index contributed by atoms with van der Waals surface area (Å²) in [7, 11) is 3.72. The third kappa shape index (κ3) is 3.77. The number of hydrogen-bond acceptors (Lipinski definition) is 4. The Balaban J connectivity index is 2.70. The highest BCUT2D eigenvalue weighted by atomic mass is 19.1. The van der Waals surface area contributed by atoms with Crippen LogP contribution in [-0.4, -0.2) is 42.9 Å². The summed E-state index contributed by atoms with van der Waals surface area (Å²) in [5, 5.41) is 13.0. The summed E-state index contributed by atoms with van der Waals surface area (Å²) < 4.78 is 13.3. The molecule has 0 atom stereocenters. The van der Waals surface area contributed by atoms with Gasteiger partial charge < -0.3 is 10.2 Å². The fraction of sp³-hybridized carbons (Fsp3) is 0.364. The zero-order valence-corrected chi connectivity index (χ0v) is 10.1. The second-order valence-corrected chi connectivity index (χ2v) is 3.98. The summed E-state index contributed by atoms with van der Waals surface area (Å²) in [5.74, 6) is -1.47. The quantitative estimate of drug-likeness (QED) is 0.629. The molecule has 0 saturated heterocycles. The van der Waals surface area contributed by atoms with Crippen LogP contribution in [0.1, 0.15) is 10.4 Å². The minimum absolute atomic E-state index is 0.0665. The molecule has 0 aliphatic rings. The number of carbonyl (C=O) groups excluding carboxylic acids is 1. The number of halogens is 1. The maximum atomic E-state index is 13.3. The number of nitrogens with one attached hydrogen (secondary N) is 1. The summed E-state index contributed by atoms with van der Waals surface area (Å²) in [6, 6.07) is 3.07. The number of nitro benzene ring substituents is 1. The van der Waals surface area contributed by atoms with Gasteiger partial charge in [-0.25, -0.2) is 0 Å². The molecule has 0 aliphatic carbocycles. The van der Waals surface area contributed by atoms with Gasteiger partial charge in [0.25, 0.3) is 5.91 Å². The van der Waals surface area contributed by atoms with Gasteiger partial charge in [0.05, 0.1) is 4.92 Å². The van der Waals surface area contributed by atoms with Crippen molar-refractivity contribution in [2.45, 2.75) is 0 Å². The van der Waals surface area contributed by atoms with E-state index in [0.29, 0.717) is 13.1 Å². The molecule has 1 aromatic rings. The van der Waals surface area contributed by atoms with E-state index in [0.717, 1.165) is 12.1 Å². The van der Waals surface area contributed by atoms with Crippen LogP contribution < -0.4 is 5.32 Å². The fourth-order valence-electron chi connectivity index (χ4n) is 1.29. The van der Waals surface area contributed by atoms with Crippen molar-refractivity contribution < 1.29 is 14.1 Å². The van der Waals surface area contributed by atoms with Gasteiger partial charge in [0.2, 0.25) is 5.82 Å². The monoisotopic (exact) mass is 255 g/mol. The zero-order chi connectivity index (χ0) is 13.7. The second-order valence-electron chi connectivity index (χ2n) is 3.98. The SMILES string of the molecule is CN(C)CCNC(=O)c1ccc([N+](=O)[O-])c(F)c1. The summed E-state index contributed by atoms with van der Waals surface area (Å²) in [6.07, 6.45) is 0. The largest absolute Gasteiger partial charge is 0.351 e.